The molecule has 100 valence electrons. The Labute approximate surface area is 118 Å². The van der Waals surface area contributed by atoms with E-state index >= 15 is 0 Å². The number of nitrogens with zero attached hydrogens (tertiary/aromatic N) is 1. The van der Waals surface area contributed by atoms with E-state index in [4.69, 9.17) is 5.26 Å². The number of carbonyl (C=O) groups excluding carboxylic acids is 1. The minimum atomic E-state index is -0.609. The summed E-state index contributed by atoms with van der Waals surface area (Å²) < 4.78 is 26.6. The molecule has 0 aliphatic rings. The van der Waals surface area contributed by atoms with Gasteiger partial charge in [0.25, 0.3) is 0 Å². The monoisotopic (exact) mass is 289 g/mol. The summed E-state index contributed by atoms with van der Waals surface area (Å²) in [7, 11) is 0. The number of benzene rings is 1. The van der Waals surface area contributed by atoms with E-state index in [0.717, 1.165) is 29.5 Å². The Morgan fingerprint density at radius 1 is 1.25 bits per heavy atom. The van der Waals surface area contributed by atoms with Gasteiger partial charge in [-0.1, -0.05) is 0 Å². The van der Waals surface area contributed by atoms with Crippen molar-refractivity contribution >= 4 is 28.8 Å². The molecule has 0 radical (unpaired) electrons. The Morgan fingerprint density at radius 2 is 1.95 bits per heavy atom. The van der Waals surface area contributed by atoms with Crippen LogP contribution in [0.5, 0.6) is 0 Å². The Morgan fingerprint density at radius 3 is 2.55 bits per heavy atom. The van der Waals surface area contributed by atoms with Gasteiger partial charge >= 0.3 is 0 Å². The molecule has 0 atom stereocenters. The summed E-state index contributed by atoms with van der Waals surface area (Å²) in [5.41, 5.74) is 0.186. The van der Waals surface area contributed by atoms with E-state index in [2.05, 4.69) is 0 Å². The second kappa shape index (κ2) is 5.76. The van der Waals surface area contributed by atoms with Gasteiger partial charge in [0.2, 0.25) is 0 Å². The molecule has 0 bridgehead atoms. The van der Waals surface area contributed by atoms with Crippen LogP contribution in [0.2, 0.25) is 0 Å². The van der Waals surface area contributed by atoms with Crippen LogP contribution >= 0.6 is 11.3 Å². The number of nitriles is 1. The molecule has 2 rings (SSSR count). The van der Waals surface area contributed by atoms with Crippen molar-refractivity contribution in [3.05, 3.63) is 57.3 Å². The van der Waals surface area contributed by atoms with E-state index in [9.17, 15) is 13.6 Å². The van der Waals surface area contributed by atoms with Gasteiger partial charge in [0, 0.05) is 10.4 Å². The van der Waals surface area contributed by atoms with Gasteiger partial charge in [0.05, 0.1) is 10.5 Å². The van der Waals surface area contributed by atoms with E-state index < -0.39 is 11.6 Å². The van der Waals surface area contributed by atoms with Crippen molar-refractivity contribution in [2.45, 2.75) is 6.92 Å². The Hall–Kier alpha value is -2.32. The van der Waals surface area contributed by atoms with Crippen LogP contribution in [0.15, 0.2) is 30.3 Å². The molecule has 1 aromatic heterocycles. The molecule has 2 nitrogen and oxygen atoms in total. The van der Waals surface area contributed by atoms with Crippen LogP contribution in [-0.4, -0.2) is 5.78 Å². The first-order chi connectivity index (χ1) is 9.51. The largest absolute Gasteiger partial charge is 0.294 e. The SMILES string of the molecule is CC(=O)c1ccc(/C(C#N)=C/c2cc(F)ccc2F)s1. The van der Waals surface area contributed by atoms with Crippen molar-refractivity contribution in [3.63, 3.8) is 0 Å². The number of halogens is 2. The van der Waals surface area contributed by atoms with Crippen LogP contribution in [0, 0.1) is 23.0 Å². The summed E-state index contributed by atoms with van der Waals surface area (Å²) in [5.74, 6) is -1.29. The third-order valence-corrected chi connectivity index (χ3v) is 3.82. The molecule has 2 aromatic rings. The van der Waals surface area contributed by atoms with Gasteiger partial charge in [-0.3, -0.25) is 4.79 Å². The topological polar surface area (TPSA) is 40.9 Å². The summed E-state index contributed by atoms with van der Waals surface area (Å²) in [4.78, 5) is 12.3. The van der Waals surface area contributed by atoms with Crippen LogP contribution in [-0.2, 0) is 0 Å². The van der Waals surface area contributed by atoms with Gasteiger partial charge in [-0.2, -0.15) is 5.26 Å². The highest BCUT2D eigenvalue weighted by molar-refractivity contribution is 7.15. The summed E-state index contributed by atoms with van der Waals surface area (Å²) in [6.45, 7) is 1.43. The summed E-state index contributed by atoms with van der Waals surface area (Å²) >= 11 is 1.15. The van der Waals surface area contributed by atoms with Gasteiger partial charge in [-0.15, -0.1) is 11.3 Å². The van der Waals surface area contributed by atoms with Crippen LogP contribution < -0.4 is 0 Å². The summed E-state index contributed by atoms with van der Waals surface area (Å²) in [6, 6.07) is 8.20. The predicted octanol–water partition coefficient (Wildman–Crippen LogP) is 4.29. The van der Waals surface area contributed by atoms with Gasteiger partial charge in [0.15, 0.2) is 5.78 Å². The molecule has 0 saturated carbocycles. The van der Waals surface area contributed by atoms with Crippen LogP contribution in [0.25, 0.3) is 11.6 Å². The Kier molecular flexibility index (Phi) is 4.06. The lowest BCUT2D eigenvalue weighted by molar-refractivity contribution is 0.102. The molecule has 1 heterocycles. The van der Waals surface area contributed by atoms with Crippen molar-refractivity contribution in [2.24, 2.45) is 0 Å². The number of allylic oxidation sites excluding steroid dienone is 1. The number of hydrogen-bond donors (Lipinski definition) is 0. The van der Waals surface area contributed by atoms with Gasteiger partial charge < -0.3 is 0 Å². The minimum Gasteiger partial charge on any atom is -0.294 e. The first-order valence-electron chi connectivity index (χ1n) is 5.69. The molecule has 0 aliphatic carbocycles. The number of Topliss-reactive ketones (excluding diaryl/α,β-unsaturated/α-hetero) is 1. The fourth-order valence-electron chi connectivity index (χ4n) is 1.61. The third-order valence-electron chi connectivity index (χ3n) is 2.60. The van der Waals surface area contributed by atoms with E-state index in [1.807, 2.05) is 6.07 Å². The highest BCUT2D eigenvalue weighted by atomic mass is 32.1. The highest BCUT2D eigenvalue weighted by Gasteiger charge is 2.10. The Bertz CT molecular complexity index is 741. The zero-order chi connectivity index (χ0) is 14.7. The lowest BCUT2D eigenvalue weighted by atomic mass is 10.1. The molecule has 0 N–H and O–H groups in total. The molecule has 0 unspecified atom stereocenters. The molecule has 0 amide bonds. The van der Waals surface area contributed by atoms with Crippen molar-refractivity contribution in [1.29, 1.82) is 5.26 Å². The van der Waals surface area contributed by atoms with Gasteiger partial charge in [-0.25, -0.2) is 8.78 Å². The lowest BCUT2D eigenvalue weighted by Gasteiger charge is -1.99. The molecule has 20 heavy (non-hydrogen) atoms. The molecule has 0 saturated heterocycles. The average Bonchev–Trinajstić information content (AvgIpc) is 2.89. The fraction of sp³-hybridized carbons (Fsp3) is 0.0667. The van der Waals surface area contributed by atoms with Crippen LogP contribution in [0.4, 0.5) is 8.78 Å². The highest BCUT2D eigenvalue weighted by Crippen LogP contribution is 2.26. The molecular weight excluding hydrogens is 280 g/mol. The lowest BCUT2D eigenvalue weighted by Crippen LogP contribution is -1.86. The van der Waals surface area contributed by atoms with Crippen molar-refractivity contribution in [2.75, 3.05) is 0 Å². The van der Waals surface area contributed by atoms with Crippen molar-refractivity contribution < 1.29 is 13.6 Å². The second-order valence-corrected chi connectivity index (χ2v) is 5.14. The standard InChI is InChI=1S/C15H9F2NOS/c1-9(19)14-4-5-15(20-14)11(8-18)6-10-7-12(16)2-3-13(10)17/h2-7H,1H3/b11-6+. The third kappa shape index (κ3) is 2.98. The maximum Gasteiger partial charge on any atom is 0.169 e. The maximum atomic E-state index is 13.5. The Balaban J connectivity index is 2.46. The first kappa shape index (κ1) is 14.1. The molecule has 0 spiro atoms. The number of rotatable bonds is 3. The maximum absolute atomic E-state index is 13.5. The average molecular weight is 289 g/mol. The van der Waals surface area contributed by atoms with Gasteiger partial charge in [0.1, 0.15) is 17.7 Å². The normalized spacial score (nSPS) is 11.2. The van der Waals surface area contributed by atoms with E-state index in [0.29, 0.717) is 9.75 Å². The quantitative estimate of drug-likeness (QED) is 0.624. The molecule has 1 aromatic carbocycles. The van der Waals surface area contributed by atoms with Crippen LogP contribution in [0.1, 0.15) is 27.0 Å². The molecular formula is C15H9F2NOS. The molecule has 0 aliphatic heterocycles. The predicted molar refractivity (Wildman–Crippen MR) is 74.2 cm³/mol. The first-order valence-corrected chi connectivity index (χ1v) is 6.51. The van der Waals surface area contributed by atoms with Crippen LogP contribution in [0.3, 0.4) is 0 Å². The summed E-state index contributed by atoms with van der Waals surface area (Å²) in [5, 5.41) is 9.14. The molecule has 0 fully saturated rings. The summed E-state index contributed by atoms with van der Waals surface area (Å²) in [6.07, 6.45) is 1.27. The zero-order valence-corrected chi connectivity index (χ0v) is 11.3. The number of thiophene rings is 1. The van der Waals surface area contributed by atoms with E-state index in [1.54, 1.807) is 12.1 Å². The fourth-order valence-corrected chi connectivity index (χ4v) is 2.48. The number of hydrogen-bond acceptors (Lipinski definition) is 3. The van der Waals surface area contributed by atoms with E-state index in [-0.39, 0.29) is 16.9 Å². The zero-order valence-electron chi connectivity index (χ0n) is 10.5. The number of carbonyl (C=O) groups is 1. The molecule has 5 heteroatoms. The smallest absolute Gasteiger partial charge is 0.169 e. The van der Waals surface area contributed by atoms with Crippen molar-refractivity contribution in [3.8, 4) is 6.07 Å². The van der Waals surface area contributed by atoms with Gasteiger partial charge in [-0.05, 0) is 43.3 Å². The van der Waals surface area contributed by atoms with E-state index in [1.165, 1.54) is 13.0 Å². The minimum absolute atomic E-state index is 0.000625. The second-order valence-electron chi connectivity index (χ2n) is 4.06. The van der Waals surface area contributed by atoms with Crippen molar-refractivity contribution in [1.82, 2.24) is 0 Å². The number of ketones is 1.